The van der Waals surface area contributed by atoms with Crippen LogP contribution in [0.3, 0.4) is 0 Å². The standard InChI is InChI=1S/C16H16N2O5S/c1-11-9-14(18(19)20)16(10-12(11)2)24(21,22)17-7-8-23-15-6-4-3-5-13(15)17/h3-6,9-10H,7-8H2,1-2H3. The predicted molar refractivity (Wildman–Crippen MR) is 89.0 cm³/mol. The molecule has 24 heavy (non-hydrogen) atoms. The molecule has 2 aromatic rings. The van der Waals surface area contributed by atoms with Gasteiger partial charge in [0.15, 0.2) is 4.90 Å². The summed E-state index contributed by atoms with van der Waals surface area (Å²) in [5.74, 6) is 0.443. The van der Waals surface area contributed by atoms with Crippen molar-refractivity contribution in [3.05, 3.63) is 57.6 Å². The largest absolute Gasteiger partial charge is 0.489 e. The Morgan fingerprint density at radius 3 is 2.54 bits per heavy atom. The van der Waals surface area contributed by atoms with Crippen molar-refractivity contribution in [3.8, 4) is 5.75 Å². The third kappa shape index (κ3) is 2.58. The summed E-state index contributed by atoms with van der Waals surface area (Å²) in [7, 11) is -4.08. The highest BCUT2D eigenvalue weighted by Gasteiger charge is 2.35. The molecule has 1 aliphatic rings. The number of hydrogen-bond donors (Lipinski definition) is 0. The number of benzene rings is 2. The van der Waals surface area contributed by atoms with Crippen molar-refractivity contribution < 1.29 is 18.1 Å². The highest BCUT2D eigenvalue weighted by Crippen LogP contribution is 2.37. The number of sulfonamides is 1. The lowest BCUT2D eigenvalue weighted by molar-refractivity contribution is -0.387. The normalized spacial score (nSPS) is 14.0. The molecule has 8 heteroatoms. The van der Waals surface area contributed by atoms with Crippen LogP contribution in [-0.2, 0) is 10.0 Å². The molecule has 3 rings (SSSR count). The second-order valence-corrected chi connectivity index (χ2v) is 7.39. The highest BCUT2D eigenvalue weighted by atomic mass is 32.2. The van der Waals surface area contributed by atoms with Gasteiger partial charge in [-0.1, -0.05) is 12.1 Å². The van der Waals surface area contributed by atoms with Gasteiger partial charge in [-0.15, -0.1) is 0 Å². The van der Waals surface area contributed by atoms with E-state index < -0.39 is 20.6 Å². The molecule has 126 valence electrons. The van der Waals surface area contributed by atoms with E-state index in [4.69, 9.17) is 4.74 Å². The van der Waals surface area contributed by atoms with Crippen LogP contribution in [-0.4, -0.2) is 26.5 Å². The smallest absolute Gasteiger partial charge is 0.290 e. The van der Waals surface area contributed by atoms with Crippen molar-refractivity contribution >= 4 is 21.4 Å². The average Bonchev–Trinajstić information content (AvgIpc) is 2.56. The molecule has 0 saturated heterocycles. The van der Waals surface area contributed by atoms with Gasteiger partial charge >= 0.3 is 0 Å². The minimum absolute atomic E-state index is 0.101. The van der Waals surface area contributed by atoms with E-state index >= 15 is 0 Å². The fourth-order valence-electron chi connectivity index (χ4n) is 2.64. The maximum atomic E-state index is 13.1. The maximum absolute atomic E-state index is 13.1. The Labute approximate surface area is 139 Å². The second-order valence-electron chi connectivity index (χ2n) is 5.55. The number of nitro benzene ring substituents is 1. The molecule has 0 atom stereocenters. The molecule has 0 unspecified atom stereocenters. The number of rotatable bonds is 3. The van der Waals surface area contributed by atoms with Gasteiger partial charge in [0.1, 0.15) is 12.4 Å². The fourth-order valence-corrected chi connectivity index (χ4v) is 4.32. The zero-order valence-electron chi connectivity index (χ0n) is 13.2. The van der Waals surface area contributed by atoms with Crippen LogP contribution in [0, 0.1) is 24.0 Å². The summed E-state index contributed by atoms with van der Waals surface area (Å²) in [6, 6.07) is 9.40. The van der Waals surface area contributed by atoms with E-state index in [1.54, 1.807) is 38.1 Å². The summed E-state index contributed by atoms with van der Waals surface area (Å²) in [5.41, 5.74) is 1.32. The second kappa shape index (κ2) is 5.79. The first kappa shape index (κ1) is 16.3. The summed E-state index contributed by atoms with van der Waals surface area (Å²) in [5, 5.41) is 11.4. The molecule has 0 saturated carbocycles. The van der Waals surface area contributed by atoms with Crippen LogP contribution in [0.15, 0.2) is 41.3 Å². The monoisotopic (exact) mass is 348 g/mol. The van der Waals surface area contributed by atoms with Crippen molar-refractivity contribution in [1.29, 1.82) is 0 Å². The van der Waals surface area contributed by atoms with Crippen molar-refractivity contribution in [2.75, 3.05) is 17.5 Å². The first-order valence-electron chi connectivity index (χ1n) is 7.32. The molecule has 1 aliphatic heterocycles. The summed E-state index contributed by atoms with van der Waals surface area (Å²) in [4.78, 5) is 10.4. The van der Waals surface area contributed by atoms with Crippen LogP contribution in [0.2, 0.25) is 0 Å². The molecule has 0 radical (unpaired) electrons. The van der Waals surface area contributed by atoms with E-state index in [0.717, 1.165) is 0 Å². The van der Waals surface area contributed by atoms with Gasteiger partial charge in [0.2, 0.25) is 0 Å². The van der Waals surface area contributed by atoms with Crippen molar-refractivity contribution in [2.24, 2.45) is 0 Å². The molecule has 0 bridgehead atoms. The lowest BCUT2D eigenvalue weighted by Gasteiger charge is -2.30. The van der Waals surface area contributed by atoms with E-state index in [1.807, 2.05) is 0 Å². The van der Waals surface area contributed by atoms with E-state index in [0.29, 0.717) is 22.6 Å². The molecule has 2 aromatic carbocycles. The maximum Gasteiger partial charge on any atom is 0.290 e. The van der Waals surface area contributed by atoms with Gasteiger partial charge in [0.05, 0.1) is 17.2 Å². The van der Waals surface area contributed by atoms with E-state index in [2.05, 4.69) is 0 Å². The average molecular weight is 348 g/mol. The molecule has 0 N–H and O–H groups in total. The first-order valence-corrected chi connectivity index (χ1v) is 8.76. The highest BCUT2D eigenvalue weighted by molar-refractivity contribution is 7.93. The Balaban J connectivity index is 2.20. The quantitative estimate of drug-likeness (QED) is 0.628. The Morgan fingerprint density at radius 1 is 1.17 bits per heavy atom. The molecule has 1 heterocycles. The van der Waals surface area contributed by atoms with Crippen LogP contribution < -0.4 is 9.04 Å². The SMILES string of the molecule is Cc1cc([N+](=O)[O-])c(S(=O)(=O)N2CCOc3ccccc32)cc1C. The van der Waals surface area contributed by atoms with E-state index in [9.17, 15) is 18.5 Å². The summed E-state index contributed by atoms with van der Waals surface area (Å²) >= 11 is 0. The summed E-state index contributed by atoms with van der Waals surface area (Å²) < 4.78 is 32.8. The zero-order valence-corrected chi connectivity index (χ0v) is 14.0. The van der Waals surface area contributed by atoms with E-state index in [-0.39, 0.29) is 18.0 Å². The Morgan fingerprint density at radius 2 is 1.83 bits per heavy atom. The van der Waals surface area contributed by atoms with Gasteiger partial charge in [0, 0.05) is 6.07 Å². The van der Waals surface area contributed by atoms with Gasteiger partial charge in [0.25, 0.3) is 15.7 Å². The van der Waals surface area contributed by atoms with Crippen molar-refractivity contribution in [2.45, 2.75) is 18.7 Å². The number of aryl methyl sites for hydroxylation is 2. The Bertz CT molecular complexity index is 924. The third-order valence-corrected chi connectivity index (χ3v) is 5.87. The van der Waals surface area contributed by atoms with Gasteiger partial charge in [-0.05, 0) is 43.2 Å². The zero-order chi connectivity index (χ0) is 17.5. The van der Waals surface area contributed by atoms with Gasteiger partial charge in [-0.25, -0.2) is 8.42 Å². The van der Waals surface area contributed by atoms with Crippen LogP contribution in [0.5, 0.6) is 5.75 Å². The van der Waals surface area contributed by atoms with Crippen LogP contribution in [0.25, 0.3) is 0 Å². The molecule has 0 aliphatic carbocycles. The molecule has 0 fully saturated rings. The molecule has 0 amide bonds. The van der Waals surface area contributed by atoms with E-state index in [1.165, 1.54) is 16.4 Å². The van der Waals surface area contributed by atoms with Crippen molar-refractivity contribution in [1.82, 2.24) is 0 Å². The minimum Gasteiger partial charge on any atom is -0.489 e. The Kier molecular flexibility index (Phi) is 3.92. The first-order chi connectivity index (χ1) is 11.3. The predicted octanol–water partition coefficient (Wildman–Crippen LogP) is 2.80. The summed E-state index contributed by atoms with van der Waals surface area (Å²) in [6.45, 7) is 3.73. The number of para-hydroxylation sites is 2. The van der Waals surface area contributed by atoms with Gasteiger partial charge < -0.3 is 4.74 Å². The molecular weight excluding hydrogens is 332 g/mol. The minimum atomic E-state index is -4.08. The van der Waals surface area contributed by atoms with Gasteiger partial charge in [-0.3, -0.25) is 14.4 Å². The van der Waals surface area contributed by atoms with Crippen molar-refractivity contribution in [3.63, 3.8) is 0 Å². The summed E-state index contributed by atoms with van der Waals surface area (Å²) in [6.07, 6.45) is 0. The fraction of sp³-hybridized carbons (Fsp3) is 0.250. The topological polar surface area (TPSA) is 89.8 Å². The van der Waals surface area contributed by atoms with Crippen LogP contribution in [0.4, 0.5) is 11.4 Å². The molecule has 0 spiro atoms. The Hall–Kier alpha value is -2.61. The number of anilines is 1. The number of hydrogen-bond acceptors (Lipinski definition) is 5. The number of ether oxygens (including phenoxy) is 1. The van der Waals surface area contributed by atoms with Crippen LogP contribution >= 0.6 is 0 Å². The molecular formula is C16H16N2O5S. The lowest BCUT2D eigenvalue weighted by atomic mass is 10.1. The van der Waals surface area contributed by atoms with Crippen LogP contribution in [0.1, 0.15) is 11.1 Å². The third-order valence-electron chi connectivity index (χ3n) is 4.03. The van der Waals surface area contributed by atoms with Gasteiger partial charge in [-0.2, -0.15) is 0 Å². The number of nitrogens with zero attached hydrogens (tertiary/aromatic N) is 2. The lowest BCUT2D eigenvalue weighted by Crippen LogP contribution is -2.38. The number of fused-ring (bicyclic) bond motifs is 1. The molecule has 7 nitrogen and oxygen atoms in total. The number of nitro groups is 1. The molecule has 0 aromatic heterocycles.